The second-order valence-electron chi connectivity index (χ2n) is 5.98. The molecule has 0 fully saturated rings. The first-order valence-electron chi connectivity index (χ1n) is 7.55. The minimum absolute atomic E-state index is 0.0697. The molecule has 112 valence electrons. The van der Waals surface area contributed by atoms with Crippen LogP contribution in [0.3, 0.4) is 0 Å². The van der Waals surface area contributed by atoms with Gasteiger partial charge in [-0.2, -0.15) is 0 Å². The third-order valence-corrected chi connectivity index (χ3v) is 3.35. The van der Waals surface area contributed by atoms with Crippen molar-refractivity contribution in [1.29, 1.82) is 0 Å². The van der Waals surface area contributed by atoms with Crippen LogP contribution in [0.25, 0.3) is 0 Å². The zero-order chi connectivity index (χ0) is 15.1. The molecule has 0 aromatic heterocycles. The Balaban J connectivity index is 2.65. The number of nitrogens with one attached hydrogen (secondary N) is 1. The fourth-order valence-corrected chi connectivity index (χ4v) is 2.25. The number of benzene rings is 1. The number of carbonyl (C=O) groups is 1. The van der Waals surface area contributed by atoms with Gasteiger partial charge in [-0.05, 0) is 37.8 Å². The molecule has 0 radical (unpaired) electrons. The summed E-state index contributed by atoms with van der Waals surface area (Å²) < 4.78 is 0. The molecule has 0 aliphatic rings. The summed E-state index contributed by atoms with van der Waals surface area (Å²) in [7, 11) is 0. The number of anilines is 1. The Kier molecular flexibility index (Phi) is 6.73. The van der Waals surface area contributed by atoms with E-state index in [-0.39, 0.29) is 5.91 Å². The van der Waals surface area contributed by atoms with E-state index in [1.807, 2.05) is 18.2 Å². The van der Waals surface area contributed by atoms with Crippen LogP contribution in [-0.4, -0.2) is 29.9 Å². The Hall–Kier alpha value is -1.35. The fourth-order valence-electron chi connectivity index (χ4n) is 2.25. The zero-order valence-electron chi connectivity index (χ0n) is 13.4. The maximum Gasteiger partial charge on any atom is 0.238 e. The van der Waals surface area contributed by atoms with E-state index in [0.717, 1.165) is 18.7 Å². The van der Waals surface area contributed by atoms with E-state index >= 15 is 0 Å². The van der Waals surface area contributed by atoms with Gasteiger partial charge in [0.15, 0.2) is 0 Å². The van der Waals surface area contributed by atoms with Crippen molar-refractivity contribution in [2.75, 3.05) is 18.4 Å². The average Bonchev–Trinajstić information content (AvgIpc) is 2.37. The summed E-state index contributed by atoms with van der Waals surface area (Å²) in [6.45, 7) is 12.1. The summed E-state index contributed by atoms with van der Waals surface area (Å²) in [5.41, 5.74) is 2.12. The molecule has 0 aliphatic carbocycles. The molecular formula is C17H28N2O. The van der Waals surface area contributed by atoms with Gasteiger partial charge in [0, 0.05) is 18.3 Å². The molecule has 3 nitrogen and oxygen atoms in total. The highest BCUT2D eigenvalue weighted by Gasteiger charge is 2.15. The van der Waals surface area contributed by atoms with Crippen molar-refractivity contribution >= 4 is 11.6 Å². The fraction of sp³-hybridized carbons (Fsp3) is 0.588. The van der Waals surface area contributed by atoms with Crippen molar-refractivity contribution in [3.8, 4) is 0 Å². The smallest absolute Gasteiger partial charge is 0.238 e. The molecule has 1 N–H and O–H groups in total. The van der Waals surface area contributed by atoms with Crippen molar-refractivity contribution in [3.63, 3.8) is 0 Å². The molecule has 0 atom stereocenters. The van der Waals surface area contributed by atoms with Crippen molar-refractivity contribution in [3.05, 3.63) is 29.8 Å². The van der Waals surface area contributed by atoms with Gasteiger partial charge < -0.3 is 5.32 Å². The maximum atomic E-state index is 12.2. The highest BCUT2D eigenvalue weighted by molar-refractivity contribution is 5.93. The third-order valence-electron chi connectivity index (χ3n) is 3.35. The zero-order valence-corrected chi connectivity index (χ0v) is 13.4. The van der Waals surface area contributed by atoms with Crippen LogP contribution in [0.2, 0.25) is 0 Å². The Morgan fingerprint density at radius 2 is 1.85 bits per heavy atom. The van der Waals surface area contributed by atoms with Crippen LogP contribution in [0.1, 0.15) is 40.2 Å². The van der Waals surface area contributed by atoms with Crippen molar-refractivity contribution < 1.29 is 4.79 Å². The summed E-state index contributed by atoms with van der Waals surface area (Å²) in [6.07, 6.45) is 0.927. The molecule has 1 aromatic rings. The third kappa shape index (κ3) is 5.33. The number of carbonyl (C=O) groups excluding carboxylic acids is 1. The lowest BCUT2D eigenvalue weighted by Crippen LogP contribution is -2.40. The molecule has 20 heavy (non-hydrogen) atoms. The Morgan fingerprint density at radius 3 is 2.40 bits per heavy atom. The molecule has 0 spiro atoms. The molecule has 0 unspecified atom stereocenters. The van der Waals surface area contributed by atoms with Gasteiger partial charge in [-0.15, -0.1) is 0 Å². The monoisotopic (exact) mass is 276 g/mol. The first-order valence-corrected chi connectivity index (χ1v) is 7.55. The van der Waals surface area contributed by atoms with Crippen LogP contribution in [0.5, 0.6) is 0 Å². The maximum absolute atomic E-state index is 12.2. The Morgan fingerprint density at radius 1 is 1.20 bits per heavy atom. The average molecular weight is 276 g/mol. The van der Waals surface area contributed by atoms with Crippen LogP contribution in [0, 0.1) is 5.92 Å². The van der Waals surface area contributed by atoms with E-state index in [0.29, 0.717) is 18.5 Å². The normalized spacial score (nSPS) is 11.4. The molecule has 1 rings (SSSR count). The molecule has 0 saturated carbocycles. The first kappa shape index (κ1) is 16.7. The van der Waals surface area contributed by atoms with Gasteiger partial charge in [0.05, 0.1) is 6.54 Å². The topological polar surface area (TPSA) is 32.3 Å². The summed E-state index contributed by atoms with van der Waals surface area (Å²) in [6, 6.07) is 8.38. The predicted molar refractivity (Wildman–Crippen MR) is 86.0 cm³/mol. The van der Waals surface area contributed by atoms with E-state index < -0.39 is 0 Å². The molecule has 1 amide bonds. The van der Waals surface area contributed by atoms with E-state index in [1.54, 1.807) is 0 Å². The number of rotatable bonds is 7. The van der Waals surface area contributed by atoms with Gasteiger partial charge in [-0.25, -0.2) is 0 Å². The largest absolute Gasteiger partial charge is 0.325 e. The molecule has 1 aromatic carbocycles. The quantitative estimate of drug-likeness (QED) is 0.826. The number of hydrogen-bond acceptors (Lipinski definition) is 2. The van der Waals surface area contributed by atoms with Gasteiger partial charge in [-0.3, -0.25) is 9.69 Å². The van der Waals surface area contributed by atoms with Gasteiger partial charge in [0.2, 0.25) is 5.91 Å². The molecule has 0 bridgehead atoms. The summed E-state index contributed by atoms with van der Waals surface area (Å²) >= 11 is 0. The Bertz CT molecular complexity index is 427. The van der Waals surface area contributed by atoms with Gasteiger partial charge in [-0.1, -0.05) is 39.0 Å². The van der Waals surface area contributed by atoms with Crippen LogP contribution in [-0.2, 0) is 11.2 Å². The second kappa shape index (κ2) is 8.05. The molecular weight excluding hydrogens is 248 g/mol. The van der Waals surface area contributed by atoms with Crippen molar-refractivity contribution in [2.45, 2.75) is 47.1 Å². The van der Waals surface area contributed by atoms with Crippen molar-refractivity contribution in [2.24, 2.45) is 5.92 Å². The van der Waals surface area contributed by atoms with E-state index in [4.69, 9.17) is 0 Å². The molecule has 0 saturated heterocycles. The number of hydrogen-bond donors (Lipinski definition) is 1. The van der Waals surface area contributed by atoms with Gasteiger partial charge in [0.1, 0.15) is 0 Å². The highest BCUT2D eigenvalue weighted by atomic mass is 16.2. The standard InChI is InChI=1S/C17H28N2O/c1-6-15-9-7-8-10-16(15)18-17(20)12-19(14(4)5)11-13(2)3/h7-10,13-14H,6,11-12H2,1-5H3,(H,18,20). The lowest BCUT2D eigenvalue weighted by atomic mass is 10.1. The first-order chi connectivity index (χ1) is 9.43. The summed E-state index contributed by atoms with van der Waals surface area (Å²) in [5, 5.41) is 3.04. The second-order valence-corrected chi connectivity index (χ2v) is 5.98. The minimum atomic E-state index is 0.0697. The molecule has 0 aliphatic heterocycles. The van der Waals surface area contributed by atoms with E-state index in [2.05, 4.69) is 50.9 Å². The van der Waals surface area contributed by atoms with E-state index in [1.165, 1.54) is 5.56 Å². The van der Waals surface area contributed by atoms with E-state index in [9.17, 15) is 4.79 Å². The number of aryl methyl sites for hydroxylation is 1. The lowest BCUT2D eigenvalue weighted by Gasteiger charge is -2.27. The van der Waals surface area contributed by atoms with Crippen LogP contribution < -0.4 is 5.32 Å². The van der Waals surface area contributed by atoms with Gasteiger partial charge >= 0.3 is 0 Å². The number of para-hydroxylation sites is 1. The summed E-state index contributed by atoms with van der Waals surface area (Å²) in [4.78, 5) is 14.4. The number of amides is 1. The van der Waals surface area contributed by atoms with Crippen LogP contribution >= 0.6 is 0 Å². The van der Waals surface area contributed by atoms with Crippen molar-refractivity contribution in [1.82, 2.24) is 4.90 Å². The minimum Gasteiger partial charge on any atom is -0.325 e. The SMILES string of the molecule is CCc1ccccc1NC(=O)CN(CC(C)C)C(C)C. The molecule has 3 heteroatoms. The predicted octanol–water partition coefficient (Wildman–Crippen LogP) is 3.55. The van der Waals surface area contributed by atoms with Crippen LogP contribution in [0.4, 0.5) is 5.69 Å². The summed E-state index contributed by atoms with van der Waals surface area (Å²) in [5.74, 6) is 0.633. The number of nitrogens with zero attached hydrogens (tertiary/aromatic N) is 1. The van der Waals surface area contributed by atoms with Gasteiger partial charge in [0.25, 0.3) is 0 Å². The highest BCUT2D eigenvalue weighted by Crippen LogP contribution is 2.15. The lowest BCUT2D eigenvalue weighted by molar-refractivity contribution is -0.117. The Labute approximate surface area is 123 Å². The molecule has 0 heterocycles. The van der Waals surface area contributed by atoms with Crippen LogP contribution in [0.15, 0.2) is 24.3 Å².